The largest absolute Gasteiger partial charge is 0.308 e. The Labute approximate surface area is 192 Å². The number of likely N-dealkylation sites (tertiary alicyclic amines) is 1. The summed E-state index contributed by atoms with van der Waals surface area (Å²) in [4.78, 5) is 14.9. The summed E-state index contributed by atoms with van der Waals surface area (Å²) in [5, 5.41) is 16.4. The molecule has 170 valence electrons. The lowest BCUT2D eigenvalue weighted by atomic mass is 10.1. The van der Waals surface area contributed by atoms with Gasteiger partial charge in [-0.2, -0.15) is 10.4 Å². The Morgan fingerprint density at radius 3 is 2.33 bits per heavy atom. The van der Waals surface area contributed by atoms with Gasteiger partial charge in [0.05, 0.1) is 23.3 Å². The van der Waals surface area contributed by atoms with E-state index in [-0.39, 0.29) is 29.0 Å². The van der Waals surface area contributed by atoms with Crippen LogP contribution in [0.25, 0.3) is 5.69 Å². The van der Waals surface area contributed by atoms with Gasteiger partial charge in [-0.25, -0.2) is 17.8 Å². The number of amides is 1. The van der Waals surface area contributed by atoms with Crippen molar-refractivity contribution in [2.75, 3.05) is 25.0 Å². The third kappa shape index (κ3) is 5.46. The number of carbonyl (C=O) groups is 1. The van der Waals surface area contributed by atoms with Crippen molar-refractivity contribution in [3.8, 4) is 11.8 Å². The Morgan fingerprint density at radius 2 is 1.70 bits per heavy atom. The maximum Gasteiger partial charge on any atom is 0.240 e. The van der Waals surface area contributed by atoms with E-state index in [9.17, 15) is 18.5 Å². The minimum absolute atomic E-state index is 0.142. The van der Waals surface area contributed by atoms with Crippen LogP contribution in [0, 0.1) is 11.3 Å². The van der Waals surface area contributed by atoms with E-state index in [4.69, 9.17) is 0 Å². The van der Waals surface area contributed by atoms with Crippen LogP contribution in [0.4, 0.5) is 5.82 Å². The van der Waals surface area contributed by atoms with Crippen molar-refractivity contribution < 1.29 is 13.2 Å². The predicted octanol–water partition coefficient (Wildman–Crippen LogP) is 2.13. The van der Waals surface area contributed by atoms with Crippen molar-refractivity contribution >= 4 is 21.7 Å². The number of para-hydroxylation sites is 1. The standard InChI is InChI=1S/C23H24N6O3S/c24-15-18-16-25-29(20-7-3-1-4-8-20)23(18)26-22(30)17-28-13-11-19(12-14-28)27-33(31,32)21-9-5-2-6-10-21/h1-10,16,19,27H,11-14,17H2,(H,26,30). The number of sulfonamides is 1. The predicted molar refractivity (Wildman–Crippen MR) is 123 cm³/mol. The fraction of sp³-hybridized carbons (Fsp3) is 0.261. The van der Waals surface area contributed by atoms with Gasteiger partial charge in [-0.3, -0.25) is 9.69 Å². The first-order valence-corrected chi connectivity index (χ1v) is 12.1. The van der Waals surface area contributed by atoms with Gasteiger partial charge in [0.15, 0.2) is 5.82 Å². The number of nitrogens with zero attached hydrogens (tertiary/aromatic N) is 4. The molecule has 9 nitrogen and oxygen atoms in total. The lowest BCUT2D eigenvalue weighted by Crippen LogP contribution is -2.46. The quantitative estimate of drug-likeness (QED) is 0.553. The number of hydrogen-bond acceptors (Lipinski definition) is 6. The summed E-state index contributed by atoms with van der Waals surface area (Å²) in [6.45, 7) is 1.31. The van der Waals surface area contributed by atoms with Gasteiger partial charge in [-0.05, 0) is 37.1 Å². The van der Waals surface area contributed by atoms with E-state index in [1.165, 1.54) is 10.9 Å². The van der Waals surface area contributed by atoms with Crippen LogP contribution in [0.2, 0.25) is 0 Å². The molecule has 1 amide bonds. The summed E-state index contributed by atoms with van der Waals surface area (Å²) in [5.41, 5.74) is 1.02. The van der Waals surface area contributed by atoms with Crippen LogP contribution in [-0.4, -0.2) is 54.7 Å². The third-order valence-corrected chi connectivity index (χ3v) is 7.01. The van der Waals surface area contributed by atoms with Crippen molar-refractivity contribution in [3.05, 3.63) is 72.4 Å². The first-order chi connectivity index (χ1) is 16.0. The maximum absolute atomic E-state index is 12.7. The summed E-state index contributed by atoms with van der Waals surface area (Å²) >= 11 is 0. The van der Waals surface area contributed by atoms with E-state index in [1.807, 2.05) is 35.2 Å². The molecule has 0 atom stereocenters. The van der Waals surface area contributed by atoms with Crippen LogP contribution in [-0.2, 0) is 14.8 Å². The van der Waals surface area contributed by atoms with Crippen LogP contribution >= 0.6 is 0 Å². The summed E-state index contributed by atoms with van der Waals surface area (Å²) in [7, 11) is -3.56. The van der Waals surface area contributed by atoms with E-state index in [1.54, 1.807) is 30.3 Å². The molecule has 2 aromatic carbocycles. The molecule has 0 unspecified atom stereocenters. The molecule has 0 saturated carbocycles. The SMILES string of the molecule is N#Cc1cnn(-c2ccccc2)c1NC(=O)CN1CCC(NS(=O)(=O)c2ccccc2)CC1. The Balaban J connectivity index is 1.33. The monoisotopic (exact) mass is 464 g/mol. The van der Waals surface area contributed by atoms with Gasteiger partial charge >= 0.3 is 0 Å². The molecule has 0 spiro atoms. The van der Waals surface area contributed by atoms with E-state index in [0.717, 1.165) is 5.69 Å². The number of nitrogens with one attached hydrogen (secondary N) is 2. The zero-order valence-electron chi connectivity index (χ0n) is 17.9. The number of aromatic nitrogens is 2. The van der Waals surface area contributed by atoms with Crippen molar-refractivity contribution in [3.63, 3.8) is 0 Å². The highest BCUT2D eigenvalue weighted by Gasteiger charge is 2.26. The van der Waals surface area contributed by atoms with E-state index >= 15 is 0 Å². The topological polar surface area (TPSA) is 120 Å². The number of nitriles is 1. The molecule has 1 fully saturated rings. The Morgan fingerprint density at radius 1 is 1.06 bits per heavy atom. The van der Waals surface area contributed by atoms with Crippen LogP contribution in [0.15, 0.2) is 71.8 Å². The summed E-state index contributed by atoms with van der Waals surface area (Å²) in [6, 6.07) is 19.4. The lowest BCUT2D eigenvalue weighted by molar-refractivity contribution is -0.117. The maximum atomic E-state index is 12.7. The molecule has 1 aliphatic rings. The average Bonchev–Trinajstić information content (AvgIpc) is 3.23. The minimum atomic E-state index is -3.56. The van der Waals surface area contributed by atoms with Crippen LogP contribution in [0.3, 0.4) is 0 Å². The molecular formula is C23H24N6O3S. The van der Waals surface area contributed by atoms with E-state index < -0.39 is 10.0 Å². The van der Waals surface area contributed by atoms with E-state index in [2.05, 4.69) is 21.2 Å². The second-order valence-electron chi connectivity index (χ2n) is 7.80. The molecule has 2 N–H and O–H groups in total. The van der Waals surface area contributed by atoms with E-state index in [0.29, 0.717) is 31.7 Å². The van der Waals surface area contributed by atoms with Gasteiger partial charge in [0.2, 0.25) is 15.9 Å². The highest BCUT2D eigenvalue weighted by molar-refractivity contribution is 7.89. The van der Waals surface area contributed by atoms with Crippen molar-refractivity contribution in [2.45, 2.75) is 23.8 Å². The van der Waals surface area contributed by atoms with Gasteiger partial charge in [-0.1, -0.05) is 36.4 Å². The molecule has 1 saturated heterocycles. The summed E-state index contributed by atoms with van der Waals surface area (Å²) in [5.74, 6) is 0.0757. The Hall–Kier alpha value is -3.52. The number of benzene rings is 2. The number of hydrogen-bond donors (Lipinski definition) is 2. The molecular weight excluding hydrogens is 440 g/mol. The Kier molecular flexibility index (Phi) is 6.84. The molecule has 2 heterocycles. The number of piperidine rings is 1. The molecule has 10 heteroatoms. The second-order valence-corrected chi connectivity index (χ2v) is 9.51. The third-order valence-electron chi connectivity index (χ3n) is 5.48. The number of rotatable bonds is 7. The van der Waals surface area contributed by atoms with Crippen molar-refractivity contribution in [1.29, 1.82) is 5.26 Å². The molecule has 0 radical (unpaired) electrons. The van der Waals surface area contributed by atoms with Crippen LogP contribution in [0.1, 0.15) is 18.4 Å². The van der Waals surface area contributed by atoms with Crippen LogP contribution < -0.4 is 10.0 Å². The highest BCUT2D eigenvalue weighted by Crippen LogP contribution is 2.20. The van der Waals surface area contributed by atoms with Crippen molar-refractivity contribution in [1.82, 2.24) is 19.4 Å². The second kappa shape index (κ2) is 9.95. The van der Waals surface area contributed by atoms with Crippen molar-refractivity contribution in [2.24, 2.45) is 0 Å². The highest BCUT2D eigenvalue weighted by atomic mass is 32.2. The zero-order chi connectivity index (χ0) is 23.3. The zero-order valence-corrected chi connectivity index (χ0v) is 18.7. The summed E-state index contributed by atoms with van der Waals surface area (Å²) in [6.07, 6.45) is 2.63. The summed E-state index contributed by atoms with van der Waals surface area (Å²) < 4.78 is 29.3. The Bertz CT molecular complexity index is 1240. The molecule has 0 bridgehead atoms. The minimum Gasteiger partial charge on any atom is -0.308 e. The first kappa shape index (κ1) is 22.7. The molecule has 1 aromatic heterocycles. The fourth-order valence-electron chi connectivity index (χ4n) is 3.79. The van der Waals surface area contributed by atoms with Gasteiger partial charge < -0.3 is 5.32 Å². The fourth-order valence-corrected chi connectivity index (χ4v) is 5.11. The van der Waals surface area contributed by atoms with Gasteiger partial charge in [0.1, 0.15) is 11.6 Å². The normalized spacial score (nSPS) is 15.1. The molecule has 33 heavy (non-hydrogen) atoms. The average molecular weight is 465 g/mol. The van der Waals surface area contributed by atoms with Gasteiger partial charge in [-0.15, -0.1) is 0 Å². The molecule has 4 rings (SSSR count). The molecule has 1 aliphatic heterocycles. The molecule has 0 aliphatic carbocycles. The van der Waals surface area contributed by atoms with Gasteiger partial charge in [0.25, 0.3) is 0 Å². The van der Waals surface area contributed by atoms with Crippen LogP contribution in [0.5, 0.6) is 0 Å². The molecule has 3 aromatic rings. The number of carbonyl (C=O) groups excluding carboxylic acids is 1. The lowest BCUT2D eigenvalue weighted by Gasteiger charge is -2.31. The smallest absolute Gasteiger partial charge is 0.240 e. The van der Waals surface area contributed by atoms with Gasteiger partial charge in [0, 0.05) is 19.1 Å². The first-order valence-electron chi connectivity index (χ1n) is 10.6. The number of anilines is 1.